The molecule has 0 radical (unpaired) electrons. The molecular weight excluding hydrogens is 283 g/mol. The van der Waals surface area contributed by atoms with Crippen molar-refractivity contribution in [2.75, 3.05) is 0 Å². The van der Waals surface area contributed by atoms with Gasteiger partial charge in [-0.1, -0.05) is 18.2 Å². The molecular formula is C14H14F3N3O. The average Bonchev–Trinajstić information content (AvgIpc) is 2.45. The van der Waals surface area contributed by atoms with Gasteiger partial charge in [-0.3, -0.25) is 16.3 Å². The van der Waals surface area contributed by atoms with Crippen LogP contribution in [-0.2, 0) is 6.42 Å². The van der Waals surface area contributed by atoms with Gasteiger partial charge < -0.3 is 4.74 Å². The molecule has 3 N–H and O–H groups in total. The number of ether oxygens (including phenoxy) is 1. The first-order valence-electron chi connectivity index (χ1n) is 6.19. The van der Waals surface area contributed by atoms with Crippen molar-refractivity contribution in [1.82, 2.24) is 10.4 Å². The minimum atomic E-state index is -4.74. The molecule has 0 spiro atoms. The van der Waals surface area contributed by atoms with Gasteiger partial charge in [0.15, 0.2) is 0 Å². The molecule has 1 aromatic heterocycles. The fourth-order valence-corrected chi connectivity index (χ4v) is 2.00. The van der Waals surface area contributed by atoms with Crippen LogP contribution in [0.3, 0.4) is 0 Å². The fraction of sp³-hybridized carbons (Fsp3) is 0.214. The number of nitrogens with one attached hydrogen (secondary N) is 1. The molecule has 0 aliphatic carbocycles. The minimum absolute atomic E-state index is 0.262. The van der Waals surface area contributed by atoms with Gasteiger partial charge >= 0.3 is 6.36 Å². The third kappa shape index (κ3) is 4.44. The number of hydrogen-bond donors (Lipinski definition) is 2. The lowest BCUT2D eigenvalue weighted by Gasteiger charge is -2.20. The van der Waals surface area contributed by atoms with E-state index in [9.17, 15) is 13.2 Å². The molecule has 7 heteroatoms. The van der Waals surface area contributed by atoms with Crippen molar-refractivity contribution in [2.24, 2.45) is 5.84 Å². The zero-order valence-corrected chi connectivity index (χ0v) is 11.0. The van der Waals surface area contributed by atoms with Gasteiger partial charge in [0.1, 0.15) is 5.75 Å². The van der Waals surface area contributed by atoms with Crippen LogP contribution >= 0.6 is 0 Å². The van der Waals surface area contributed by atoms with Crippen molar-refractivity contribution in [1.29, 1.82) is 0 Å². The highest BCUT2D eigenvalue weighted by Gasteiger charge is 2.32. The summed E-state index contributed by atoms with van der Waals surface area (Å²) in [7, 11) is 0. The van der Waals surface area contributed by atoms with Crippen LogP contribution in [0.25, 0.3) is 0 Å². The first-order chi connectivity index (χ1) is 9.99. The lowest BCUT2D eigenvalue weighted by molar-refractivity contribution is -0.275. The van der Waals surface area contributed by atoms with Crippen LogP contribution in [0.2, 0.25) is 0 Å². The predicted molar refractivity (Wildman–Crippen MR) is 71.1 cm³/mol. The first-order valence-corrected chi connectivity index (χ1v) is 6.19. The molecule has 0 bridgehead atoms. The maximum atomic E-state index is 12.4. The molecule has 1 unspecified atom stereocenters. The van der Waals surface area contributed by atoms with Crippen LogP contribution in [0.5, 0.6) is 5.75 Å². The molecule has 21 heavy (non-hydrogen) atoms. The molecule has 1 aromatic carbocycles. The van der Waals surface area contributed by atoms with E-state index in [0.717, 1.165) is 5.56 Å². The first kappa shape index (κ1) is 15.3. The van der Waals surface area contributed by atoms with Crippen molar-refractivity contribution in [2.45, 2.75) is 18.8 Å². The number of nitrogens with two attached hydrogens (primary N) is 1. The molecule has 1 atom stereocenters. The van der Waals surface area contributed by atoms with Crippen molar-refractivity contribution in [3.8, 4) is 5.75 Å². The Morgan fingerprint density at radius 3 is 2.43 bits per heavy atom. The monoisotopic (exact) mass is 297 g/mol. The van der Waals surface area contributed by atoms with Crippen LogP contribution in [-0.4, -0.2) is 11.3 Å². The van der Waals surface area contributed by atoms with E-state index in [1.165, 1.54) is 12.1 Å². The number of hydrazine groups is 1. The smallest absolute Gasteiger partial charge is 0.405 e. The summed E-state index contributed by atoms with van der Waals surface area (Å²) >= 11 is 0. The van der Waals surface area contributed by atoms with Gasteiger partial charge in [0.2, 0.25) is 0 Å². The van der Waals surface area contributed by atoms with E-state index in [1.807, 2.05) is 0 Å². The van der Waals surface area contributed by atoms with Gasteiger partial charge in [-0.15, -0.1) is 13.2 Å². The lowest BCUT2D eigenvalue weighted by Crippen LogP contribution is -2.30. The van der Waals surface area contributed by atoms with Gasteiger partial charge in [0.05, 0.1) is 6.04 Å². The van der Waals surface area contributed by atoms with Crippen LogP contribution in [0.1, 0.15) is 17.2 Å². The normalized spacial score (nSPS) is 13.0. The number of pyridine rings is 1. The second-order valence-electron chi connectivity index (χ2n) is 4.36. The summed E-state index contributed by atoms with van der Waals surface area (Å²) in [5, 5.41) is 0. The van der Waals surface area contributed by atoms with Gasteiger partial charge in [0, 0.05) is 18.0 Å². The summed E-state index contributed by atoms with van der Waals surface area (Å²) in [6, 6.07) is 8.97. The highest BCUT2D eigenvalue weighted by Crippen LogP contribution is 2.31. The molecule has 0 amide bonds. The molecule has 2 rings (SSSR count). The SMILES string of the molecule is NNC(Cc1ccncc1)c1ccccc1OC(F)(F)F. The van der Waals surface area contributed by atoms with Gasteiger partial charge in [-0.2, -0.15) is 0 Å². The molecule has 1 heterocycles. The number of halogens is 3. The number of benzene rings is 1. The molecule has 0 aliphatic heterocycles. The van der Waals surface area contributed by atoms with Crippen LogP contribution in [0, 0.1) is 0 Å². The predicted octanol–water partition coefficient (Wildman–Crippen LogP) is 2.73. The van der Waals surface area contributed by atoms with E-state index in [4.69, 9.17) is 5.84 Å². The molecule has 2 aromatic rings. The summed E-state index contributed by atoms with van der Waals surface area (Å²) in [4.78, 5) is 3.89. The summed E-state index contributed by atoms with van der Waals surface area (Å²) in [6.45, 7) is 0. The van der Waals surface area contributed by atoms with Gasteiger partial charge in [-0.25, -0.2) is 0 Å². The third-order valence-electron chi connectivity index (χ3n) is 2.91. The summed E-state index contributed by atoms with van der Waals surface area (Å²) in [5.41, 5.74) is 3.76. The van der Waals surface area contributed by atoms with Crippen molar-refractivity contribution < 1.29 is 17.9 Å². The van der Waals surface area contributed by atoms with E-state index in [1.54, 1.807) is 36.7 Å². The number of rotatable bonds is 5. The highest BCUT2D eigenvalue weighted by molar-refractivity contribution is 5.37. The Morgan fingerprint density at radius 1 is 1.14 bits per heavy atom. The Balaban J connectivity index is 2.26. The summed E-state index contributed by atoms with van der Waals surface area (Å²) < 4.78 is 41.3. The topological polar surface area (TPSA) is 60.2 Å². The van der Waals surface area contributed by atoms with Crippen molar-refractivity contribution >= 4 is 0 Å². The van der Waals surface area contributed by atoms with E-state index in [2.05, 4.69) is 15.1 Å². The van der Waals surface area contributed by atoms with E-state index in [-0.39, 0.29) is 5.75 Å². The Bertz CT molecular complexity index is 575. The summed E-state index contributed by atoms with van der Waals surface area (Å²) in [6.07, 6.45) is -1.11. The lowest BCUT2D eigenvalue weighted by atomic mass is 9.99. The third-order valence-corrected chi connectivity index (χ3v) is 2.91. The number of alkyl halides is 3. The largest absolute Gasteiger partial charge is 0.573 e. The van der Waals surface area contributed by atoms with Crippen LogP contribution in [0.4, 0.5) is 13.2 Å². The second kappa shape index (κ2) is 6.55. The van der Waals surface area contributed by atoms with Crippen molar-refractivity contribution in [3.63, 3.8) is 0 Å². The number of para-hydroxylation sites is 1. The zero-order valence-electron chi connectivity index (χ0n) is 11.0. The minimum Gasteiger partial charge on any atom is -0.405 e. The molecule has 0 aliphatic rings. The van der Waals surface area contributed by atoms with Gasteiger partial charge in [0.25, 0.3) is 0 Å². The Labute approximate surface area is 119 Å². The Hall–Kier alpha value is -2.12. The Kier molecular flexibility index (Phi) is 4.77. The van der Waals surface area contributed by atoms with Crippen LogP contribution in [0.15, 0.2) is 48.8 Å². The maximum Gasteiger partial charge on any atom is 0.573 e. The van der Waals surface area contributed by atoms with E-state index >= 15 is 0 Å². The van der Waals surface area contributed by atoms with E-state index < -0.39 is 12.4 Å². The number of aromatic nitrogens is 1. The van der Waals surface area contributed by atoms with Crippen LogP contribution < -0.4 is 16.0 Å². The molecule has 0 saturated carbocycles. The van der Waals surface area contributed by atoms with Crippen molar-refractivity contribution in [3.05, 3.63) is 59.9 Å². The quantitative estimate of drug-likeness (QED) is 0.658. The summed E-state index contributed by atoms with van der Waals surface area (Å²) in [5.74, 6) is 5.22. The fourth-order valence-electron chi connectivity index (χ4n) is 2.00. The second-order valence-corrected chi connectivity index (χ2v) is 4.36. The molecule has 4 nitrogen and oxygen atoms in total. The highest BCUT2D eigenvalue weighted by atomic mass is 19.4. The molecule has 112 valence electrons. The standard InChI is InChI=1S/C14H14F3N3O/c15-14(16,17)21-13-4-2-1-3-11(13)12(20-18)9-10-5-7-19-8-6-10/h1-8,12,20H,9,18H2. The average molecular weight is 297 g/mol. The van der Waals surface area contributed by atoms with E-state index in [0.29, 0.717) is 12.0 Å². The van der Waals surface area contributed by atoms with Gasteiger partial charge in [-0.05, 0) is 30.2 Å². The maximum absolute atomic E-state index is 12.4. The molecule has 0 saturated heterocycles. The Morgan fingerprint density at radius 2 is 1.81 bits per heavy atom. The number of hydrogen-bond acceptors (Lipinski definition) is 4. The molecule has 0 fully saturated rings. The zero-order chi connectivity index (χ0) is 15.3. The number of nitrogens with zero attached hydrogens (tertiary/aromatic N) is 1.